The molecule has 0 spiro atoms. The topological polar surface area (TPSA) is 34.1 Å². The van der Waals surface area contributed by atoms with E-state index in [1.54, 1.807) is 0 Å². The summed E-state index contributed by atoms with van der Waals surface area (Å²) in [6.07, 6.45) is 0. The van der Waals surface area contributed by atoms with Gasteiger partial charge < -0.3 is 0 Å². The summed E-state index contributed by atoms with van der Waals surface area (Å²) in [5, 5.41) is -0.472. The number of hydrogen-bond acceptors (Lipinski definition) is 2. The van der Waals surface area contributed by atoms with Crippen LogP contribution in [0, 0.1) is 11.5 Å². The van der Waals surface area contributed by atoms with Crippen LogP contribution in [0.5, 0.6) is 0 Å². The quantitative estimate of drug-likeness (QED) is 0.279. The Kier molecular flexibility index (Phi) is 3.98. The van der Waals surface area contributed by atoms with Gasteiger partial charge in [0.25, 0.3) is 5.78 Å². The molecule has 0 rings (SSSR count). The highest BCUT2D eigenvalue weighted by atomic mass is 35.5. The second kappa shape index (κ2) is 4.27. The fourth-order valence-electron chi connectivity index (χ4n) is 0.345. The van der Waals surface area contributed by atoms with Crippen LogP contribution in [-0.4, -0.2) is 19.8 Å². The second-order valence-corrected chi connectivity index (χ2v) is 8.37. The molecular formula is C8H9ClO2Si. The van der Waals surface area contributed by atoms with Crippen LogP contribution in [0.4, 0.5) is 0 Å². The van der Waals surface area contributed by atoms with Crippen LogP contribution in [0.25, 0.3) is 0 Å². The molecule has 0 amide bonds. The molecule has 0 aromatic rings. The Bertz CT molecular complexity index is 297. The van der Waals surface area contributed by atoms with Crippen molar-refractivity contribution in [2.75, 3.05) is 0 Å². The van der Waals surface area contributed by atoms with Gasteiger partial charge in [-0.1, -0.05) is 31.2 Å². The van der Waals surface area contributed by atoms with E-state index in [1.807, 2.05) is 19.6 Å². The molecular weight excluding hydrogens is 194 g/mol. The zero-order valence-electron chi connectivity index (χ0n) is 7.19. The summed E-state index contributed by atoms with van der Waals surface area (Å²) in [6, 6.07) is 0. The molecule has 12 heavy (non-hydrogen) atoms. The van der Waals surface area contributed by atoms with Gasteiger partial charge in [0.2, 0.25) is 0 Å². The maximum Gasteiger partial charge on any atom is 0.257 e. The summed E-state index contributed by atoms with van der Waals surface area (Å²) in [6.45, 7) is 5.98. The molecule has 0 bridgehead atoms. The number of Topliss-reactive ketones (excluding diaryl/α,β-unsaturated/α-hetero) is 1. The van der Waals surface area contributed by atoms with Gasteiger partial charge in [-0.15, -0.1) is 5.54 Å². The molecule has 0 saturated carbocycles. The molecule has 0 aromatic heterocycles. The summed E-state index contributed by atoms with van der Waals surface area (Å²) in [4.78, 5) is 20.7. The zero-order chi connectivity index (χ0) is 9.78. The Morgan fingerprint density at radius 3 is 2.25 bits per heavy atom. The fraction of sp³-hybridized carbons (Fsp3) is 0.375. The zero-order valence-corrected chi connectivity index (χ0v) is 8.95. The average molecular weight is 203 g/mol. The Morgan fingerprint density at radius 2 is 1.92 bits per heavy atom. The number of allylic oxidation sites excluding steroid dienone is 1. The third kappa shape index (κ3) is 4.92. The van der Waals surface area contributed by atoms with Crippen LogP contribution in [0.1, 0.15) is 0 Å². The normalized spacial score (nSPS) is 9.33. The molecule has 0 fully saturated rings. The lowest BCUT2D eigenvalue weighted by Crippen LogP contribution is -2.17. The number of carbonyl (C=O) groups is 1. The minimum Gasteiger partial charge on any atom is -0.277 e. The number of halogens is 1. The third-order valence-corrected chi connectivity index (χ3v) is 1.96. The minimum atomic E-state index is -1.56. The van der Waals surface area contributed by atoms with Gasteiger partial charge in [-0.3, -0.25) is 4.79 Å². The molecule has 0 atom stereocenters. The van der Waals surface area contributed by atoms with Gasteiger partial charge in [-0.05, 0) is 5.92 Å². The van der Waals surface area contributed by atoms with Crippen molar-refractivity contribution >= 4 is 31.4 Å². The largest absolute Gasteiger partial charge is 0.277 e. The first-order valence-electron chi connectivity index (χ1n) is 3.35. The molecule has 0 unspecified atom stereocenters. The van der Waals surface area contributed by atoms with Gasteiger partial charge >= 0.3 is 0 Å². The predicted molar refractivity (Wildman–Crippen MR) is 51.2 cm³/mol. The van der Waals surface area contributed by atoms with Gasteiger partial charge in [-0.25, -0.2) is 4.79 Å². The Balaban J connectivity index is 4.56. The van der Waals surface area contributed by atoms with Crippen LogP contribution in [-0.2, 0) is 9.59 Å². The maximum atomic E-state index is 10.8. The van der Waals surface area contributed by atoms with Gasteiger partial charge in [0.1, 0.15) is 14.0 Å². The fourth-order valence-corrected chi connectivity index (χ4v) is 0.881. The monoisotopic (exact) mass is 202 g/mol. The van der Waals surface area contributed by atoms with Crippen molar-refractivity contribution in [2.24, 2.45) is 0 Å². The number of hydrogen-bond donors (Lipinski definition) is 0. The summed E-state index contributed by atoms with van der Waals surface area (Å²) >= 11 is 5.20. The lowest BCUT2D eigenvalue weighted by atomic mass is 10.4. The molecule has 64 valence electrons. The summed E-state index contributed by atoms with van der Waals surface area (Å²) in [5.41, 5.74) is 2.79. The maximum absolute atomic E-state index is 10.8. The van der Waals surface area contributed by atoms with Crippen LogP contribution in [0.2, 0.25) is 19.6 Å². The van der Waals surface area contributed by atoms with Gasteiger partial charge in [-0.2, -0.15) is 0 Å². The molecule has 2 nitrogen and oxygen atoms in total. The molecule has 0 aliphatic heterocycles. The van der Waals surface area contributed by atoms with E-state index in [-0.39, 0.29) is 0 Å². The van der Waals surface area contributed by atoms with Crippen molar-refractivity contribution in [3.63, 3.8) is 0 Å². The first-order valence-corrected chi connectivity index (χ1v) is 7.23. The van der Waals surface area contributed by atoms with Crippen LogP contribution in [0.3, 0.4) is 0 Å². The van der Waals surface area contributed by atoms with E-state index in [0.717, 1.165) is 0 Å². The molecule has 0 radical (unpaired) electrons. The van der Waals surface area contributed by atoms with Crippen molar-refractivity contribution < 1.29 is 9.59 Å². The Labute approximate surface area is 77.6 Å². The highest BCUT2D eigenvalue weighted by molar-refractivity contribution is 6.84. The van der Waals surface area contributed by atoms with E-state index in [4.69, 9.17) is 11.6 Å². The number of carbonyl (C=O) groups excluding carboxylic acids is 2. The SMILES string of the molecule is C[Si](C)(C)C#CC(=O)C(Cl)=[14C]=O. The number of ketones is 1. The van der Waals surface area contributed by atoms with Crippen LogP contribution in [0.15, 0.2) is 5.03 Å². The van der Waals surface area contributed by atoms with Crippen molar-refractivity contribution in [1.29, 1.82) is 0 Å². The highest BCUT2D eigenvalue weighted by Gasteiger charge is 2.09. The van der Waals surface area contributed by atoms with Crippen molar-refractivity contribution in [1.82, 2.24) is 0 Å². The van der Waals surface area contributed by atoms with E-state index in [1.165, 1.54) is 5.94 Å². The lowest BCUT2D eigenvalue weighted by Gasteiger charge is -2.02. The molecule has 0 heterocycles. The van der Waals surface area contributed by atoms with Crippen LogP contribution < -0.4 is 0 Å². The van der Waals surface area contributed by atoms with Crippen molar-refractivity contribution in [3.8, 4) is 11.5 Å². The van der Waals surface area contributed by atoms with E-state index < -0.39 is 18.9 Å². The number of rotatable bonds is 1. The highest BCUT2D eigenvalue weighted by Crippen LogP contribution is 1.99. The van der Waals surface area contributed by atoms with E-state index in [9.17, 15) is 9.59 Å². The van der Waals surface area contributed by atoms with Crippen molar-refractivity contribution in [3.05, 3.63) is 5.03 Å². The first-order chi connectivity index (χ1) is 5.37. The molecule has 4 heteroatoms. The molecule has 0 aromatic carbocycles. The predicted octanol–water partition coefficient (Wildman–Crippen LogP) is 1.39. The van der Waals surface area contributed by atoms with Gasteiger partial charge in [0.15, 0.2) is 5.03 Å². The molecule has 0 aliphatic rings. The van der Waals surface area contributed by atoms with E-state index in [2.05, 4.69) is 11.5 Å². The summed E-state index contributed by atoms with van der Waals surface area (Å²) in [5.74, 6) is 2.97. The first kappa shape index (κ1) is 11.2. The molecule has 0 aliphatic carbocycles. The van der Waals surface area contributed by atoms with Crippen molar-refractivity contribution in [2.45, 2.75) is 19.6 Å². The Morgan fingerprint density at radius 1 is 1.42 bits per heavy atom. The summed E-state index contributed by atoms with van der Waals surface area (Å²) in [7, 11) is -1.56. The smallest absolute Gasteiger partial charge is 0.257 e. The van der Waals surface area contributed by atoms with Crippen LogP contribution >= 0.6 is 11.6 Å². The Hall–Kier alpha value is -0.813. The second-order valence-electron chi connectivity index (χ2n) is 3.25. The third-order valence-electron chi connectivity index (χ3n) is 0.840. The van der Waals surface area contributed by atoms with E-state index >= 15 is 0 Å². The molecule has 0 N–H and O–H groups in total. The van der Waals surface area contributed by atoms with Gasteiger partial charge in [0.05, 0.1) is 0 Å². The summed E-state index contributed by atoms with van der Waals surface area (Å²) < 4.78 is 0. The molecule has 0 saturated heterocycles. The lowest BCUT2D eigenvalue weighted by molar-refractivity contribution is -0.109. The van der Waals surface area contributed by atoms with Gasteiger partial charge in [0, 0.05) is 0 Å². The van der Waals surface area contributed by atoms with E-state index in [0.29, 0.717) is 0 Å². The standard InChI is InChI=1S/C8H9ClO2Si/c1-12(2,3)5-4-8(11)7(9)6-10/h1-3H3/i6+2. The minimum absolute atomic E-state index is 0.472. The average Bonchev–Trinajstić information content (AvgIpc) is 1.97.